The van der Waals surface area contributed by atoms with Crippen LogP contribution in [0, 0.1) is 11.8 Å². The number of esters is 1. The second-order valence-electron chi connectivity index (χ2n) is 5.27. The minimum Gasteiger partial charge on any atom is -0.462 e. The lowest BCUT2D eigenvalue weighted by molar-refractivity contribution is -0.141. The topological polar surface area (TPSA) is 44.8 Å². The van der Waals surface area contributed by atoms with Crippen LogP contribution in [-0.2, 0) is 19.0 Å². The van der Waals surface area contributed by atoms with Crippen molar-refractivity contribution in [2.75, 3.05) is 19.8 Å². The Morgan fingerprint density at radius 2 is 1.83 bits per heavy atom. The van der Waals surface area contributed by atoms with E-state index in [0.717, 1.165) is 38.9 Å². The molecule has 2 fully saturated rings. The Labute approximate surface area is 108 Å². The third-order valence-corrected chi connectivity index (χ3v) is 3.72. The summed E-state index contributed by atoms with van der Waals surface area (Å²) in [7, 11) is 0. The molecule has 1 aliphatic carbocycles. The van der Waals surface area contributed by atoms with E-state index in [9.17, 15) is 4.79 Å². The highest BCUT2D eigenvalue weighted by atomic mass is 16.7. The molecule has 0 aromatic heterocycles. The molecule has 4 nitrogen and oxygen atoms in total. The maximum absolute atomic E-state index is 11.3. The number of rotatable bonds is 4. The van der Waals surface area contributed by atoms with Gasteiger partial charge in [0.2, 0.25) is 0 Å². The van der Waals surface area contributed by atoms with Crippen molar-refractivity contribution >= 4 is 5.97 Å². The van der Waals surface area contributed by atoms with Gasteiger partial charge >= 0.3 is 5.97 Å². The second-order valence-corrected chi connectivity index (χ2v) is 5.27. The minimum atomic E-state index is -0.278. The summed E-state index contributed by atoms with van der Waals surface area (Å²) >= 11 is 0. The Bertz CT molecular complexity index is 299. The van der Waals surface area contributed by atoms with E-state index in [2.05, 4.69) is 6.58 Å². The van der Waals surface area contributed by atoms with Gasteiger partial charge < -0.3 is 14.2 Å². The van der Waals surface area contributed by atoms with E-state index in [4.69, 9.17) is 14.2 Å². The molecule has 0 aromatic rings. The van der Waals surface area contributed by atoms with E-state index in [1.165, 1.54) is 0 Å². The van der Waals surface area contributed by atoms with Gasteiger partial charge in [-0.2, -0.15) is 0 Å². The molecule has 1 heterocycles. The van der Waals surface area contributed by atoms with Crippen molar-refractivity contribution in [1.29, 1.82) is 0 Å². The first-order valence-corrected chi connectivity index (χ1v) is 6.72. The highest BCUT2D eigenvalue weighted by Gasteiger charge is 2.31. The van der Waals surface area contributed by atoms with Crippen LogP contribution < -0.4 is 0 Å². The Morgan fingerprint density at radius 3 is 2.39 bits per heavy atom. The third kappa shape index (κ3) is 3.56. The van der Waals surface area contributed by atoms with Crippen molar-refractivity contribution in [2.45, 2.75) is 38.9 Å². The molecule has 1 aliphatic heterocycles. The molecule has 18 heavy (non-hydrogen) atoms. The van der Waals surface area contributed by atoms with Crippen LogP contribution in [0.25, 0.3) is 0 Å². The van der Waals surface area contributed by atoms with Crippen molar-refractivity contribution in [3.63, 3.8) is 0 Å². The zero-order chi connectivity index (χ0) is 13.0. The summed E-state index contributed by atoms with van der Waals surface area (Å²) in [4.78, 5) is 11.3. The van der Waals surface area contributed by atoms with E-state index in [1.807, 2.05) is 0 Å². The molecular formula is C14H22O4. The lowest BCUT2D eigenvalue weighted by Gasteiger charge is -2.30. The summed E-state index contributed by atoms with van der Waals surface area (Å²) in [5, 5.41) is 0. The van der Waals surface area contributed by atoms with Crippen molar-refractivity contribution in [2.24, 2.45) is 11.8 Å². The Balaban J connectivity index is 1.67. The van der Waals surface area contributed by atoms with Gasteiger partial charge in [-0.15, -0.1) is 0 Å². The van der Waals surface area contributed by atoms with E-state index < -0.39 is 0 Å². The molecule has 0 atom stereocenters. The Morgan fingerprint density at radius 1 is 1.22 bits per heavy atom. The standard InChI is InChI=1S/C14H22O4/c1-10(2)13(15)18-9-11-3-5-12(6-4-11)14-16-7-8-17-14/h11-12,14H,1,3-9H2,2H3. The van der Waals surface area contributed by atoms with Crippen LogP contribution in [0.5, 0.6) is 0 Å². The maximum Gasteiger partial charge on any atom is 0.333 e. The Hall–Kier alpha value is -0.870. The fourth-order valence-electron chi connectivity index (χ4n) is 2.59. The molecule has 0 amide bonds. The van der Waals surface area contributed by atoms with Gasteiger partial charge in [0.05, 0.1) is 19.8 Å². The minimum absolute atomic E-state index is 0.00363. The van der Waals surface area contributed by atoms with Gasteiger partial charge in [-0.05, 0) is 38.5 Å². The molecule has 0 bridgehead atoms. The summed E-state index contributed by atoms with van der Waals surface area (Å²) in [5.74, 6) is 0.714. The summed E-state index contributed by atoms with van der Waals surface area (Å²) < 4.78 is 16.3. The summed E-state index contributed by atoms with van der Waals surface area (Å²) in [6, 6.07) is 0. The van der Waals surface area contributed by atoms with Gasteiger partial charge in [0.1, 0.15) is 0 Å². The van der Waals surface area contributed by atoms with Gasteiger partial charge in [0.25, 0.3) is 0 Å². The molecule has 2 aliphatic rings. The quantitative estimate of drug-likeness (QED) is 0.570. The van der Waals surface area contributed by atoms with Crippen molar-refractivity contribution in [1.82, 2.24) is 0 Å². The first-order valence-electron chi connectivity index (χ1n) is 6.72. The SMILES string of the molecule is C=C(C)C(=O)OCC1CCC(C2OCCO2)CC1. The second kappa shape index (κ2) is 6.34. The first-order chi connectivity index (χ1) is 8.66. The van der Waals surface area contributed by atoms with Crippen LogP contribution in [0.15, 0.2) is 12.2 Å². The average molecular weight is 254 g/mol. The molecule has 0 aromatic carbocycles. The van der Waals surface area contributed by atoms with Crippen molar-refractivity contribution in [3.05, 3.63) is 12.2 Å². The van der Waals surface area contributed by atoms with Crippen molar-refractivity contribution in [3.8, 4) is 0 Å². The number of hydrogen-bond donors (Lipinski definition) is 0. The van der Waals surface area contributed by atoms with E-state index in [0.29, 0.717) is 24.0 Å². The van der Waals surface area contributed by atoms with Crippen LogP contribution in [0.3, 0.4) is 0 Å². The van der Waals surface area contributed by atoms with Crippen molar-refractivity contribution < 1.29 is 19.0 Å². The molecule has 2 rings (SSSR count). The van der Waals surface area contributed by atoms with Crippen LogP contribution in [-0.4, -0.2) is 32.1 Å². The summed E-state index contributed by atoms with van der Waals surface area (Å²) in [6.45, 7) is 7.21. The van der Waals surface area contributed by atoms with Crippen LogP contribution in [0.1, 0.15) is 32.6 Å². The maximum atomic E-state index is 11.3. The molecule has 0 spiro atoms. The largest absolute Gasteiger partial charge is 0.462 e. The molecular weight excluding hydrogens is 232 g/mol. The highest BCUT2D eigenvalue weighted by Crippen LogP contribution is 2.33. The molecule has 0 N–H and O–H groups in total. The zero-order valence-corrected chi connectivity index (χ0v) is 11.0. The monoisotopic (exact) mass is 254 g/mol. The van der Waals surface area contributed by atoms with Gasteiger partial charge in [-0.25, -0.2) is 4.79 Å². The molecule has 1 saturated heterocycles. The lowest BCUT2D eigenvalue weighted by atomic mass is 9.82. The van der Waals surface area contributed by atoms with Crippen LogP contribution >= 0.6 is 0 Å². The van der Waals surface area contributed by atoms with Gasteiger partial charge in [0.15, 0.2) is 6.29 Å². The van der Waals surface area contributed by atoms with E-state index >= 15 is 0 Å². The van der Waals surface area contributed by atoms with Crippen LogP contribution in [0.2, 0.25) is 0 Å². The molecule has 1 saturated carbocycles. The molecule has 102 valence electrons. The van der Waals surface area contributed by atoms with Gasteiger partial charge in [0, 0.05) is 11.5 Å². The fourth-order valence-corrected chi connectivity index (χ4v) is 2.59. The number of ether oxygens (including phenoxy) is 3. The predicted molar refractivity (Wildman–Crippen MR) is 66.9 cm³/mol. The zero-order valence-electron chi connectivity index (χ0n) is 11.0. The highest BCUT2D eigenvalue weighted by molar-refractivity contribution is 5.86. The smallest absolute Gasteiger partial charge is 0.333 e. The van der Waals surface area contributed by atoms with Gasteiger partial charge in [-0.3, -0.25) is 0 Å². The van der Waals surface area contributed by atoms with E-state index in [1.54, 1.807) is 6.92 Å². The summed E-state index contributed by atoms with van der Waals surface area (Å²) in [5.41, 5.74) is 0.469. The number of hydrogen-bond acceptors (Lipinski definition) is 4. The summed E-state index contributed by atoms with van der Waals surface area (Å²) in [6.07, 6.45) is 4.36. The fraction of sp³-hybridized carbons (Fsp3) is 0.786. The molecule has 0 radical (unpaired) electrons. The lowest BCUT2D eigenvalue weighted by Crippen LogP contribution is -2.28. The average Bonchev–Trinajstić information content (AvgIpc) is 2.90. The predicted octanol–water partition coefficient (Wildman–Crippen LogP) is 2.29. The number of carbonyl (C=O) groups excluding carboxylic acids is 1. The van der Waals surface area contributed by atoms with E-state index in [-0.39, 0.29) is 12.3 Å². The molecule has 0 unspecified atom stereocenters. The normalized spacial score (nSPS) is 29.2. The number of carbonyl (C=O) groups is 1. The van der Waals surface area contributed by atoms with Crippen LogP contribution in [0.4, 0.5) is 0 Å². The first kappa shape index (κ1) is 13.6. The Kier molecular flexibility index (Phi) is 4.78. The third-order valence-electron chi connectivity index (χ3n) is 3.72. The van der Waals surface area contributed by atoms with Gasteiger partial charge in [-0.1, -0.05) is 6.58 Å². The molecule has 4 heteroatoms.